The summed E-state index contributed by atoms with van der Waals surface area (Å²) in [5.74, 6) is 2.68. The standard InChI is InChI=1S/C15H25N3/c1-3-12-4-6-13(7-5-12)10-18-15-8-14(16)11(2)9-17-15/h8-9,12-13H,3-7,10H2,1-2H3,(H3,16,17,18). The number of rotatable bonds is 4. The van der Waals surface area contributed by atoms with E-state index in [1.807, 2.05) is 19.2 Å². The quantitative estimate of drug-likeness (QED) is 0.854. The van der Waals surface area contributed by atoms with Crippen LogP contribution in [-0.4, -0.2) is 11.5 Å². The molecule has 0 atom stereocenters. The van der Waals surface area contributed by atoms with Crippen molar-refractivity contribution in [3.63, 3.8) is 0 Å². The molecule has 1 aliphatic rings. The Morgan fingerprint density at radius 1 is 1.28 bits per heavy atom. The van der Waals surface area contributed by atoms with Gasteiger partial charge in [0.25, 0.3) is 0 Å². The van der Waals surface area contributed by atoms with Gasteiger partial charge in [0.1, 0.15) is 5.82 Å². The summed E-state index contributed by atoms with van der Waals surface area (Å²) in [4.78, 5) is 4.36. The van der Waals surface area contributed by atoms with Gasteiger partial charge in [-0.05, 0) is 37.2 Å². The third kappa shape index (κ3) is 3.37. The number of hydrogen-bond acceptors (Lipinski definition) is 3. The molecule has 3 heteroatoms. The number of nitrogens with one attached hydrogen (secondary N) is 1. The van der Waals surface area contributed by atoms with E-state index in [0.717, 1.165) is 35.4 Å². The van der Waals surface area contributed by atoms with Gasteiger partial charge in [-0.1, -0.05) is 26.2 Å². The van der Waals surface area contributed by atoms with Crippen molar-refractivity contribution in [2.75, 3.05) is 17.6 Å². The predicted molar refractivity (Wildman–Crippen MR) is 77.6 cm³/mol. The van der Waals surface area contributed by atoms with E-state index in [9.17, 15) is 0 Å². The summed E-state index contributed by atoms with van der Waals surface area (Å²) in [7, 11) is 0. The number of nitrogen functional groups attached to an aromatic ring is 1. The Morgan fingerprint density at radius 2 is 1.94 bits per heavy atom. The molecule has 2 rings (SSSR count). The van der Waals surface area contributed by atoms with Crippen molar-refractivity contribution in [2.45, 2.75) is 46.0 Å². The molecular weight excluding hydrogens is 222 g/mol. The smallest absolute Gasteiger partial charge is 0.127 e. The highest BCUT2D eigenvalue weighted by Gasteiger charge is 2.19. The van der Waals surface area contributed by atoms with Crippen molar-refractivity contribution >= 4 is 11.5 Å². The van der Waals surface area contributed by atoms with Crippen molar-refractivity contribution in [3.8, 4) is 0 Å². The molecule has 0 amide bonds. The Morgan fingerprint density at radius 3 is 2.56 bits per heavy atom. The molecule has 1 aliphatic carbocycles. The first-order valence-electron chi connectivity index (χ1n) is 7.15. The molecule has 0 unspecified atom stereocenters. The molecule has 0 radical (unpaired) electrons. The zero-order valence-corrected chi connectivity index (χ0v) is 11.6. The van der Waals surface area contributed by atoms with Gasteiger partial charge in [-0.25, -0.2) is 4.98 Å². The summed E-state index contributed by atoms with van der Waals surface area (Å²) in [5, 5.41) is 3.42. The molecule has 0 aliphatic heterocycles. The highest BCUT2D eigenvalue weighted by Crippen LogP contribution is 2.30. The van der Waals surface area contributed by atoms with Crippen molar-refractivity contribution < 1.29 is 0 Å². The van der Waals surface area contributed by atoms with Gasteiger partial charge in [0.05, 0.1) is 0 Å². The molecule has 3 N–H and O–H groups in total. The summed E-state index contributed by atoms with van der Waals surface area (Å²) in [6.07, 6.45) is 8.68. The number of anilines is 2. The van der Waals surface area contributed by atoms with Crippen LogP contribution in [0.15, 0.2) is 12.3 Å². The number of nitrogens with two attached hydrogens (primary N) is 1. The van der Waals surface area contributed by atoms with Crippen LogP contribution in [0.1, 0.15) is 44.6 Å². The van der Waals surface area contributed by atoms with Crippen LogP contribution in [-0.2, 0) is 0 Å². The van der Waals surface area contributed by atoms with Crippen LogP contribution in [0.2, 0.25) is 0 Å². The van der Waals surface area contributed by atoms with Crippen LogP contribution in [0.3, 0.4) is 0 Å². The van der Waals surface area contributed by atoms with Gasteiger partial charge in [-0.2, -0.15) is 0 Å². The van der Waals surface area contributed by atoms with Gasteiger partial charge < -0.3 is 11.1 Å². The Bertz CT molecular complexity index is 381. The Hall–Kier alpha value is -1.25. The predicted octanol–water partition coefficient (Wildman–Crippen LogP) is 3.60. The second-order valence-electron chi connectivity index (χ2n) is 5.60. The summed E-state index contributed by atoms with van der Waals surface area (Å²) >= 11 is 0. The minimum absolute atomic E-state index is 0.803. The molecule has 1 fully saturated rings. The molecule has 1 aromatic heterocycles. The summed E-state index contributed by atoms with van der Waals surface area (Å²) in [6.45, 7) is 5.33. The minimum Gasteiger partial charge on any atom is -0.398 e. The fourth-order valence-electron chi connectivity index (χ4n) is 2.73. The van der Waals surface area contributed by atoms with Gasteiger partial charge in [-0.15, -0.1) is 0 Å². The number of hydrogen-bond donors (Lipinski definition) is 2. The lowest BCUT2D eigenvalue weighted by atomic mass is 9.81. The Kier molecular flexibility index (Phi) is 4.45. The molecule has 3 nitrogen and oxygen atoms in total. The largest absolute Gasteiger partial charge is 0.398 e. The first-order valence-corrected chi connectivity index (χ1v) is 7.15. The highest BCUT2D eigenvalue weighted by atomic mass is 15.0. The van der Waals surface area contributed by atoms with Crippen LogP contribution in [0.5, 0.6) is 0 Å². The number of aryl methyl sites for hydroxylation is 1. The van der Waals surface area contributed by atoms with Crippen LogP contribution < -0.4 is 11.1 Å². The van der Waals surface area contributed by atoms with Crippen LogP contribution >= 0.6 is 0 Å². The van der Waals surface area contributed by atoms with E-state index in [4.69, 9.17) is 5.73 Å². The van der Waals surface area contributed by atoms with Gasteiger partial charge in [0, 0.05) is 24.5 Å². The van der Waals surface area contributed by atoms with Crippen LogP contribution in [0.4, 0.5) is 11.5 Å². The molecule has 1 saturated carbocycles. The molecule has 0 aromatic carbocycles. The number of aromatic nitrogens is 1. The Labute approximate surface area is 110 Å². The summed E-state index contributed by atoms with van der Waals surface area (Å²) in [6, 6.07) is 1.94. The van der Waals surface area contributed by atoms with Crippen molar-refractivity contribution in [1.29, 1.82) is 0 Å². The monoisotopic (exact) mass is 247 g/mol. The molecule has 0 saturated heterocycles. The van der Waals surface area contributed by atoms with E-state index in [0.29, 0.717) is 0 Å². The van der Waals surface area contributed by atoms with Crippen molar-refractivity contribution in [3.05, 3.63) is 17.8 Å². The molecule has 0 spiro atoms. The lowest BCUT2D eigenvalue weighted by Gasteiger charge is -2.28. The van der Waals surface area contributed by atoms with Crippen LogP contribution in [0.25, 0.3) is 0 Å². The molecule has 1 heterocycles. The average molecular weight is 247 g/mol. The van der Waals surface area contributed by atoms with E-state index in [-0.39, 0.29) is 0 Å². The van der Waals surface area contributed by atoms with Gasteiger partial charge in [-0.3, -0.25) is 0 Å². The first kappa shape index (κ1) is 13.2. The first-order chi connectivity index (χ1) is 8.69. The van der Waals surface area contributed by atoms with Crippen molar-refractivity contribution in [1.82, 2.24) is 4.98 Å². The second kappa shape index (κ2) is 6.07. The zero-order valence-electron chi connectivity index (χ0n) is 11.6. The molecular formula is C15H25N3. The van der Waals surface area contributed by atoms with E-state index >= 15 is 0 Å². The van der Waals surface area contributed by atoms with Crippen molar-refractivity contribution in [2.24, 2.45) is 11.8 Å². The van der Waals surface area contributed by atoms with Gasteiger partial charge in [0.15, 0.2) is 0 Å². The minimum atomic E-state index is 0.803. The Balaban J connectivity index is 1.79. The maximum absolute atomic E-state index is 5.89. The molecule has 0 bridgehead atoms. The molecule has 18 heavy (non-hydrogen) atoms. The average Bonchev–Trinajstić information content (AvgIpc) is 2.41. The normalized spacial score (nSPS) is 23.9. The number of nitrogens with zero attached hydrogens (tertiary/aromatic N) is 1. The van der Waals surface area contributed by atoms with E-state index in [2.05, 4.69) is 17.2 Å². The fourth-order valence-corrected chi connectivity index (χ4v) is 2.73. The summed E-state index contributed by atoms with van der Waals surface area (Å²) < 4.78 is 0. The van der Waals surface area contributed by atoms with E-state index in [1.165, 1.54) is 32.1 Å². The van der Waals surface area contributed by atoms with E-state index < -0.39 is 0 Å². The zero-order chi connectivity index (χ0) is 13.0. The third-order valence-electron chi connectivity index (χ3n) is 4.26. The third-order valence-corrected chi connectivity index (χ3v) is 4.26. The van der Waals surface area contributed by atoms with E-state index in [1.54, 1.807) is 0 Å². The maximum Gasteiger partial charge on any atom is 0.127 e. The SMILES string of the molecule is CCC1CCC(CNc2cc(N)c(C)cn2)CC1. The summed E-state index contributed by atoms with van der Waals surface area (Å²) in [5.41, 5.74) is 7.75. The second-order valence-corrected chi connectivity index (χ2v) is 5.60. The molecule has 1 aromatic rings. The highest BCUT2D eigenvalue weighted by molar-refractivity contribution is 5.53. The maximum atomic E-state index is 5.89. The van der Waals surface area contributed by atoms with Gasteiger partial charge >= 0.3 is 0 Å². The van der Waals surface area contributed by atoms with Crippen LogP contribution in [0, 0.1) is 18.8 Å². The number of pyridine rings is 1. The molecule has 100 valence electrons. The van der Waals surface area contributed by atoms with Gasteiger partial charge in [0.2, 0.25) is 0 Å². The lowest BCUT2D eigenvalue weighted by molar-refractivity contribution is 0.278. The topological polar surface area (TPSA) is 50.9 Å². The fraction of sp³-hybridized carbons (Fsp3) is 0.667. The lowest BCUT2D eigenvalue weighted by Crippen LogP contribution is -2.21.